The number of benzene rings is 1. The predicted octanol–water partition coefficient (Wildman–Crippen LogP) is 3.17. The van der Waals surface area contributed by atoms with E-state index < -0.39 is 11.5 Å². The van der Waals surface area contributed by atoms with Gasteiger partial charge < -0.3 is 20.3 Å². The highest BCUT2D eigenvalue weighted by molar-refractivity contribution is 5.78. The summed E-state index contributed by atoms with van der Waals surface area (Å²) in [5.41, 5.74) is 5.64. The minimum atomic E-state index is -1.26. The summed E-state index contributed by atoms with van der Waals surface area (Å²) in [5, 5.41) is 9.24. The molecule has 0 amide bonds. The first kappa shape index (κ1) is 18.3. The maximum atomic E-state index is 11.3. The lowest BCUT2D eigenvalue weighted by Crippen LogP contribution is -2.45. The van der Waals surface area contributed by atoms with Crippen LogP contribution in [-0.4, -0.2) is 29.8 Å². The van der Waals surface area contributed by atoms with Gasteiger partial charge in [0.2, 0.25) is 0 Å². The quantitative estimate of drug-likeness (QED) is 0.732. The average molecular weight is 309 g/mol. The van der Waals surface area contributed by atoms with Crippen LogP contribution in [0.4, 0.5) is 0 Å². The van der Waals surface area contributed by atoms with Crippen molar-refractivity contribution >= 4 is 5.97 Å². The van der Waals surface area contributed by atoms with Crippen molar-refractivity contribution in [3.05, 3.63) is 23.8 Å². The third kappa shape index (κ3) is 4.91. The fraction of sp³-hybridized carbons (Fsp3) is 0.588. The molecule has 5 nitrogen and oxygen atoms in total. The molecule has 3 N–H and O–H groups in total. The van der Waals surface area contributed by atoms with Gasteiger partial charge in [-0.25, -0.2) is 0 Å². The van der Waals surface area contributed by atoms with Crippen LogP contribution in [-0.2, 0) is 4.79 Å². The van der Waals surface area contributed by atoms with E-state index in [0.717, 1.165) is 23.5 Å². The van der Waals surface area contributed by atoms with Crippen LogP contribution in [0.15, 0.2) is 18.2 Å². The first-order valence-electron chi connectivity index (χ1n) is 7.76. The lowest BCUT2D eigenvalue weighted by atomic mass is 9.83. The SMILES string of the molecule is CCOc1cc(OCC)cc(C(CC)CC(C)(N)C(=O)O)c1. The maximum Gasteiger partial charge on any atom is 0.323 e. The highest BCUT2D eigenvalue weighted by Gasteiger charge is 2.31. The second-order valence-electron chi connectivity index (χ2n) is 5.64. The van der Waals surface area contributed by atoms with Gasteiger partial charge in [-0.3, -0.25) is 4.79 Å². The molecule has 2 unspecified atom stereocenters. The number of carboxylic acid groups (broad SMARTS) is 1. The van der Waals surface area contributed by atoms with E-state index in [4.69, 9.17) is 15.2 Å². The molecule has 0 saturated heterocycles. The average Bonchev–Trinajstić information content (AvgIpc) is 2.45. The van der Waals surface area contributed by atoms with E-state index in [9.17, 15) is 9.90 Å². The number of carbonyl (C=O) groups is 1. The Morgan fingerprint density at radius 2 is 1.68 bits per heavy atom. The first-order valence-corrected chi connectivity index (χ1v) is 7.76. The smallest absolute Gasteiger partial charge is 0.323 e. The number of nitrogens with two attached hydrogens (primary N) is 1. The van der Waals surface area contributed by atoms with E-state index in [1.807, 2.05) is 39.0 Å². The number of rotatable bonds is 9. The Morgan fingerprint density at radius 1 is 1.18 bits per heavy atom. The minimum absolute atomic E-state index is 0.0331. The van der Waals surface area contributed by atoms with Gasteiger partial charge in [0, 0.05) is 6.07 Å². The zero-order valence-corrected chi connectivity index (χ0v) is 13.9. The van der Waals surface area contributed by atoms with E-state index in [1.54, 1.807) is 6.92 Å². The van der Waals surface area contributed by atoms with Crippen molar-refractivity contribution in [3.63, 3.8) is 0 Å². The zero-order chi connectivity index (χ0) is 16.8. The molecule has 0 aliphatic heterocycles. The highest BCUT2D eigenvalue weighted by atomic mass is 16.5. The zero-order valence-electron chi connectivity index (χ0n) is 13.9. The topological polar surface area (TPSA) is 81.8 Å². The first-order chi connectivity index (χ1) is 10.3. The van der Waals surface area contributed by atoms with E-state index in [0.29, 0.717) is 19.6 Å². The fourth-order valence-electron chi connectivity index (χ4n) is 2.43. The molecule has 5 heteroatoms. The van der Waals surface area contributed by atoms with Crippen LogP contribution >= 0.6 is 0 Å². The lowest BCUT2D eigenvalue weighted by Gasteiger charge is -2.26. The number of carboxylic acids is 1. The van der Waals surface area contributed by atoms with Crippen LogP contribution in [0, 0.1) is 0 Å². The summed E-state index contributed by atoms with van der Waals surface area (Å²) in [4.78, 5) is 11.3. The molecule has 1 aromatic rings. The summed E-state index contributed by atoms with van der Waals surface area (Å²) in [5.74, 6) is 0.509. The Balaban J connectivity index is 3.11. The Kier molecular flexibility index (Phi) is 6.68. The molecule has 0 fully saturated rings. The van der Waals surface area contributed by atoms with Gasteiger partial charge in [0.25, 0.3) is 0 Å². The van der Waals surface area contributed by atoms with Crippen molar-refractivity contribution in [2.45, 2.75) is 52.0 Å². The van der Waals surface area contributed by atoms with Gasteiger partial charge in [0.15, 0.2) is 0 Å². The van der Waals surface area contributed by atoms with Gasteiger partial charge in [0.1, 0.15) is 17.0 Å². The monoisotopic (exact) mass is 309 g/mol. The molecule has 124 valence electrons. The maximum absolute atomic E-state index is 11.3. The molecule has 0 saturated carbocycles. The third-order valence-corrected chi connectivity index (χ3v) is 3.65. The van der Waals surface area contributed by atoms with Gasteiger partial charge >= 0.3 is 5.97 Å². The molecular weight excluding hydrogens is 282 g/mol. The van der Waals surface area contributed by atoms with Gasteiger partial charge in [-0.05, 0) is 57.2 Å². The van der Waals surface area contributed by atoms with Crippen molar-refractivity contribution < 1.29 is 19.4 Å². The van der Waals surface area contributed by atoms with Crippen molar-refractivity contribution in [1.82, 2.24) is 0 Å². The molecule has 1 rings (SSSR count). The molecule has 0 radical (unpaired) electrons. The molecule has 0 aliphatic carbocycles. The molecule has 0 heterocycles. The number of hydrogen-bond acceptors (Lipinski definition) is 4. The van der Waals surface area contributed by atoms with Crippen LogP contribution in [0.1, 0.15) is 52.0 Å². The number of hydrogen-bond donors (Lipinski definition) is 2. The second kappa shape index (κ2) is 8.03. The predicted molar refractivity (Wildman–Crippen MR) is 86.7 cm³/mol. The molecule has 22 heavy (non-hydrogen) atoms. The molecule has 2 atom stereocenters. The van der Waals surface area contributed by atoms with Gasteiger partial charge in [-0.1, -0.05) is 6.92 Å². The van der Waals surface area contributed by atoms with Crippen LogP contribution in [0.3, 0.4) is 0 Å². The van der Waals surface area contributed by atoms with E-state index in [-0.39, 0.29) is 5.92 Å². The van der Waals surface area contributed by atoms with Crippen molar-refractivity contribution in [2.75, 3.05) is 13.2 Å². The largest absolute Gasteiger partial charge is 0.494 e. The summed E-state index contributed by atoms with van der Waals surface area (Å²) < 4.78 is 11.2. The van der Waals surface area contributed by atoms with E-state index >= 15 is 0 Å². The van der Waals surface area contributed by atoms with Crippen LogP contribution in [0.5, 0.6) is 11.5 Å². The number of aliphatic carboxylic acids is 1. The Morgan fingerprint density at radius 3 is 2.05 bits per heavy atom. The second-order valence-corrected chi connectivity index (χ2v) is 5.64. The van der Waals surface area contributed by atoms with Gasteiger partial charge in [-0.15, -0.1) is 0 Å². The summed E-state index contributed by atoms with van der Waals surface area (Å²) in [6.45, 7) is 8.55. The summed E-state index contributed by atoms with van der Waals surface area (Å²) in [6, 6.07) is 5.73. The minimum Gasteiger partial charge on any atom is -0.494 e. The number of ether oxygens (including phenoxy) is 2. The van der Waals surface area contributed by atoms with E-state index in [1.165, 1.54) is 0 Å². The standard InChI is InChI=1S/C17H27NO4/c1-5-12(11-17(4,18)16(19)20)13-8-14(21-6-2)10-15(9-13)22-7-3/h8-10,12H,5-7,11,18H2,1-4H3,(H,19,20). The Bertz CT molecular complexity index is 475. The summed E-state index contributed by atoms with van der Waals surface area (Å²) >= 11 is 0. The van der Waals surface area contributed by atoms with Crippen LogP contribution in [0.25, 0.3) is 0 Å². The molecule has 1 aromatic carbocycles. The fourth-order valence-corrected chi connectivity index (χ4v) is 2.43. The van der Waals surface area contributed by atoms with Crippen LogP contribution in [0.2, 0.25) is 0 Å². The summed E-state index contributed by atoms with van der Waals surface area (Å²) in [6.07, 6.45) is 1.15. The Hall–Kier alpha value is -1.75. The lowest BCUT2D eigenvalue weighted by molar-refractivity contribution is -0.143. The van der Waals surface area contributed by atoms with Crippen molar-refractivity contribution in [1.29, 1.82) is 0 Å². The van der Waals surface area contributed by atoms with Crippen molar-refractivity contribution in [2.24, 2.45) is 5.73 Å². The summed E-state index contributed by atoms with van der Waals surface area (Å²) in [7, 11) is 0. The highest BCUT2D eigenvalue weighted by Crippen LogP contribution is 2.33. The molecule has 0 bridgehead atoms. The molecule has 0 aromatic heterocycles. The normalized spacial score (nSPS) is 15.0. The van der Waals surface area contributed by atoms with Crippen molar-refractivity contribution in [3.8, 4) is 11.5 Å². The third-order valence-electron chi connectivity index (χ3n) is 3.65. The molecular formula is C17H27NO4. The van der Waals surface area contributed by atoms with Crippen LogP contribution < -0.4 is 15.2 Å². The molecule has 0 spiro atoms. The van der Waals surface area contributed by atoms with Gasteiger partial charge in [0.05, 0.1) is 13.2 Å². The van der Waals surface area contributed by atoms with Gasteiger partial charge in [-0.2, -0.15) is 0 Å². The molecule has 0 aliphatic rings. The van der Waals surface area contributed by atoms with E-state index in [2.05, 4.69) is 0 Å². The Labute approximate surface area is 132 Å².